The van der Waals surface area contributed by atoms with Gasteiger partial charge in [-0.1, -0.05) is 33.6 Å². The van der Waals surface area contributed by atoms with Gasteiger partial charge in [0.15, 0.2) is 0 Å². The Bertz CT molecular complexity index is 253. The van der Waals surface area contributed by atoms with Crippen molar-refractivity contribution in [2.45, 2.75) is 71.3 Å². The van der Waals surface area contributed by atoms with Gasteiger partial charge in [0, 0.05) is 5.54 Å². The van der Waals surface area contributed by atoms with Gasteiger partial charge >= 0.3 is 0 Å². The zero-order valence-electron chi connectivity index (χ0n) is 12.7. The molecule has 1 saturated heterocycles. The fourth-order valence-corrected chi connectivity index (χ4v) is 3.73. The summed E-state index contributed by atoms with van der Waals surface area (Å²) in [6.45, 7) is 11.0. The first-order valence-corrected chi connectivity index (χ1v) is 7.90. The van der Waals surface area contributed by atoms with Crippen molar-refractivity contribution in [1.82, 2.24) is 4.90 Å². The Morgan fingerprint density at radius 3 is 2.17 bits per heavy atom. The van der Waals surface area contributed by atoms with E-state index in [0.717, 1.165) is 5.92 Å². The van der Waals surface area contributed by atoms with Crippen LogP contribution >= 0.6 is 0 Å². The monoisotopic (exact) mass is 252 g/mol. The SMILES string of the molecule is CC(C)(C)C1CCN(CCC2(N)CCCC2)CC1. The van der Waals surface area contributed by atoms with Crippen LogP contribution in [0.3, 0.4) is 0 Å². The predicted molar refractivity (Wildman–Crippen MR) is 78.6 cm³/mol. The van der Waals surface area contributed by atoms with Gasteiger partial charge in [-0.2, -0.15) is 0 Å². The number of nitrogens with two attached hydrogens (primary N) is 1. The maximum atomic E-state index is 6.45. The molecule has 1 aliphatic heterocycles. The molecule has 2 aliphatic rings. The maximum Gasteiger partial charge on any atom is 0.0166 e. The summed E-state index contributed by atoms with van der Waals surface area (Å²) in [7, 11) is 0. The molecule has 2 nitrogen and oxygen atoms in total. The molecule has 106 valence electrons. The van der Waals surface area contributed by atoms with Crippen LogP contribution in [0.2, 0.25) is 0 Å². The molecule has 0 radical (unpaired) electrons. The van der Waals surface area contributed by atoms with E-state index in [4.69, 9.17) is 5.73 Å². The molecule has 0 bridgehead atoms. The Kier molecular flexibility index (Phi) is 4.38. The highest BCUT2D eigenvalue weighted by Crippen LogP contribution is 2.35. The van der Waals surface area contributed by atoms with Crippen molar-refractivity contribution in [3.63, 3.8) is 0 Å². The van der Waals surface area contributed by atoms with E-state index >= 15 is 0 Å². The van der Waals surface area contributed by atoms with E-state index in [9.17, 15) is 0 Å². The van der Waals surface area contributed by atoms with Gasteiger partial charge in [0.1, 0.15) is 0 Å². The van der Waals surface area contributed by atoms with Crippen molar-refractivity contribution in [2.24, 2.45) is 17.1 Å². The lowest BCUT2D eigenvalue weighted by atomic mass is 9.75. The molecule has 2 fully saturated rings. The molecule has 0 atom stereocenters. The Hall–Kier alpha value is -0.0800. The van der Waals surface area contributed by atoms with Crippen molar-refractivity contribution >= 4 is 0 Å². The van der Waals surface area contributed by atoms with Crippen LogP contribution in [-0.2, 0) is 0 Å². The second-order valence-corrected chi connectivity index (χ2v) is 7.80. The van der Waals surface area contributed by atoms with Crippen LogP contribution in [0.4, 0.5) is 0 Å². The molecule has 2 N–H and O–H groups in total. The van der Waals surface area contributed by atoms with Crippen LogP contribution in [0.25, 0.3) is 0 Å². The smallest absolute Gasteiger partial charge is 0.0166 e. The van der Waals surface area contributed by atoms with Crippen LogP contribution in [0.15, 0.2) is 0 Å². The Labute approximate surface area is 113 Å². The normalized spacial score (nSPS) is 26.7. The van der Waals surface area contributed by atoms with E-state index in [-0.39, 0.29) is 5.54 Å². The van der Waals surface area contributed by atoms with Crippen LogP contribution < -0.4 is 5.73 Å². The van der Waals surface area contributed by atoms with Crippen molar-refractivity contribution in [2.75, 3.05) is 19.6 Å². The number of piperidine rings is 1. The molecule has 0 aromatic rings. The quantitative estimate of drug-likeness (QED) is 0.834. The standard InChI is InChI=1S/C16H32N2/c1-15(2,3)14-6-11-18(12-7-14)13-10-16(17)8-4-5-9-16/h14H,4-13,17H2,1-3H3. The summed E-state index contributed by atoms with van der Waals surface area (Å²) in [5, 5.41) is 0. The molecule has 0 aromatic carbocycles. The van der Waals surface area contributed by atoms with Gasteiger partial charge in [0.25, 0.3) is 0 Å². The molecule has 1 heterocycles. The molecule has 2 heteroatoms. The molecule has 0 spiro atoms. The predicted octanol–water partition coefficient (Wildman–Crippen LogP) is 3.41. The van der Waals surface area contributed by atoms with Crippen LogP contribution in [0.1, 0.15) is 65.7 Å². The highest BCUT2D eigenvalue weighted by Gasteiger charge is 2.32. The first-order chi connectivity index (χ1) is 8.39. The molecule has 2 rings (SSSR count). The van der Waals surface area contributed by atoms with Gasteiger partial charge in [-0.25, -0.2) is 0 Å². The minimum absolute atomic E-state index is 0.181. The largest absolute Gasteiger partial charge is 0.325 e. The first kappa shape index (κ1) is 14.3. The van der Waals surface area contributed by atoms with Crippen LogP contribution in [0, 0.1) is 11.3 Å². The third kappa shape index (κ3) is 3.71. The minimum atomic E-state index is 0.181. The summed E-state index contributed by atoms with van der Waals surface area (Å²) in [6.07, 6.45) is 9.18. The van der Waals surface area contributed by atoms with Gasteiger partial charge in [-0.3, -0.25) is 0 Å². The average Bonchev–Trinajstić information content (AvgIpc) is 2.74. The van der Waals surface area contributed by atoms with E-state index in [1.807, 2.05) is 0 Å². The Balaban J connectivity index is 1.71. The van der Waals surface area contributed by atoms with E-state index in [1.165, 1.54) is 64.6 Å². The summed E-state index contributed by atoms with van der Waals surface area (Å²) in [5.41, 5.74) is 7.12. The van der Waals surface area contributed by atoms with E-state index in [2.05, 4.69) is 25.7 Å². The third-order valence-electron chi connectivity index (χ3n) is 5.34. The summed E-state index contributed by atoms with van der Waals surface area (Å²) < 4.78 is 0. The number of hydrogen-bond donors (Lipinski definition) is 1. The molecule has 0 aromatic heterocycles. The summed E-state index contributed by atoms with van der Waals surface area (Å²) >= 11 is 0. The van der Waals surface area contributed by atoms with Gasteiger partial charge in [-0.05, 0) is 63.1 Å². The number of likely N-dealkylation sites (tertiary alicyclic amines) is 1. The lowest BCUT2D eigenvalue weighted by Gasteiger charge is -2.39. The second-order valence-electron chi connectivity index (χ2n) is 7.80. The third-order valence-corrected chi connectivity index (χ3v) is 5.34. The van der Waals surface area contributed by atoms with Crippen molar-refractivity contribution in [3.8, 4) is 0 Å². The molecule has 0 unspecified atom stereocenters. The van der Waals surface area contributed by atoms with Gasteiger partial charge in [0.2, 0.25) is 0 Å². The summed E-state index contributed by atoms with van der Waals surface area (Å²) in [4.78, 5) is 2.65. The zero-order valence-corrected chi connectivity index (χ0v) is 12.7. The molecular formula is C16H32N2. The van der Waals surface area contributed by atoms with E-state index in [0.29, 0.717) is 5.41 Å². The second kappa shape index (κ2) is 5.50. The fourth-order valence-electron chi connectivity index (χ4n) is 3.73. The van der Waals surface area contributed by atoms with Crippen molar-refractivity contribution in [3.05, 3.63) is 0 Å². The lowest BCUT2D eigenvalue weighted by molar-refractivity contribution is 0.106. The Morgan fingerprint density at radius 1 is 1.11 bits per heavy atom. The van der Waals surface area contributed by atoms with Crippen molar-refractivity contribution < 1.29 is 0 Å². The van der Waals surface area contributed by atoms with Crippen molar-refractivity contribution in [1.29, 1.82) is 0 Å². The van der Waals surface area contributed by atoms with Gasteiger partial charge < -0.3 is 10.6 Å². The highest BCUT2D eigenvalue weighted by atomic mass is 15.1. The molecular weight excluding hydrogens is 220 g/mol. The minimum Gasteiger partial charge on any atom is -0.325 e. The first-order valence-electron chi connectivity index (χ1n) is 7.90. The fraction of sp³-hybridized carbons (Fsp3) is 1.00. The number of hydrogen-bond acceptors (Lipinski definition) is 2. The van der Waals surface area contributed by atoms with Crippen LogP contribution in [0.5, 0.6) is 0 Å². The summed E-state index contributed by atoms with van der Waals surface area (Å²) in [6, 6.07) is 0. The number of rotatable bonds is 3. The molecule has 18 heavy (non-hydrogen) atoms. The topological polar surface area (TPSA) is 29.3 Å². The maximum absolute atomic E-state index is 6.45. The average molecular weight is 252 g/mol. The summed E-state index contributed by atoms with van der Waals surface area (Å²) in [5.74, 6) is 0.909. The Morgan fingerprint density at radius 2 is 1.67 bits per heavy atom. The molecule has 1 saturated carbocycles. The molecule has 1 aliphatic carbocycles. The zero-order chi connectivity index (χ0) is 13.2. The van der Waals surface area contributed by atoms with Crippen LogP contribution in [-0.4, -0.2) is 30.1 Å². The van der Waals surface area contributed by atoms with Gasteiger partial charge in [0.05, 0.1) is 0 Å². The van der Waals surface area contributed by atoms with E-state index in [1.54, 1.807) is 0 Å². The highest BCUT2D eigenvalue weighted by molar-refractivity contribution is 4.90. The van der Waals surface area contributed by atoms with E-state index < -0.39 is 0 Å². The van der Waals surface area contributed by atoms with Gasteiger partial charge in [-0.15, -0.1) is 0 Å². The molecule has 0 amide bonds. The number of nitrogens with zero attached hydrogens (tertiary/aromatic N) is 1. The lowest BCUT2D eigenvalue weighted by Crippen LogP contribution is -2.43.